The molecule has 4 heteroatoms. The third-order valence-corrected chi connectivity index (χ3v) is 2.29. The molecule has 1 aromatic heterocycles. The van der Waals surface area contributed by atoms with E-state index in [4.69, 9.17) is 0 Å². The summed E-state index contributed by atoms with van der Waals surface area (Å²) in [7, 11) is 1.33. The summed E-state index contributed by atoms with van der Waals surface area (Å²) in [5, 5.41) is 0.723. The zero-order valence-electron chi connectivity index (χ0n) is 8.21. The average Bonchev–Trinajstić information content (AvgIpc) is 2.61. The number of carbonyl (C=O) groups excluding carboxylic acids is 1. The maximum Gasteiger partial charge on any atom is 0.310 e. The van der Waals surface area contributed by atoms with Crippen molar-refractivity contribution in [3.05, 3.63) is 35.8 Å². The molecule has 0 bridgehead atoms. The van der Waals surface area contributed by atoms with E-state index in [0.29, 0.717) is 0 Å². The minimum Gasteiger partial charge on any atom is -0.469 e. The van der Waals surface area contributed by atoms with Gasteiger partial charge in [0.2, 0.25) is 0 Å². The second-order valence-electron chi connectivity index (χ2n) is 3.26. The highest BCUT2D eigenvalue weighted by atomic mass is 19.1. The van der Waals surface area contributed by atoms with E-state index in [0.717, 1.165) is 16.5 Å². The maximum atomic E-state index is 13.0. The monoisotopic (exact) mass is 207 g/mol. The highest BCUT2D eigenvalue weighted by molar-refractivity contribution is 5.87. The van der Waals surface area contributed by atoms with Gasteiger partial charge in [0.1, 0.15) is 5.82 Å². The number of ether oxygens (including phenoxy) is 1. The summed E-state index contributed by atoms with van der Waals surface area (Å²) in [6.07, 6.45) is 1.85. The molecule has 78 valence electrons. The first-order valence-corrected chi connectivity index (χ1v) is 4.53. The number of rotatable bonds is 2. The van der Waals surface area contributed by atoms with Gasteiger partial charge in [0.15, 0.2) is 0 Å². The van der Waals surface area contributed by atoms with Gasteiger partial charge in [-0.15, -0.1) is 0 Å². The third-order valence-electron chi connectivity index (χ3n) is 2.29. The molecule has 1 aromatic carbocycles. The zero-order chi connectivity index (χ0) is 10.8. The lowest BCUT2D eigenvalue weighted by atomic mass is 10.1. The molecular formula is C11H10FNO2. The largest absolute Gasteiger partial charge is 0.469 e. The Bertz CT molecular complexity index is 504. The summed E-state index contributed by atoms with van der Waals surface area (Å²) in [6, 6.07) is 4.43. The Kier molecular flexibility index (Phi) is 2.41. The molecule has 0 radical (unpaired) electrons. The van der Waals surface area contributed by atoms with Gasteiger partial charge in [-0.3, -0.25) is 4.79 Å². The van der Waals surface area contributed by atoms with Gasteiger partial charge in [-0.1, -0.05) is 0 Å². The Morgan fingerprint density at radius 1 is 1.53 bits per heavy atom. The van der Waals surface area contributed by atoms with Gasteiger partial charge in [0.25, 0.3) is 0 Å². The fraction of sp³-hybridized carbons (Fsp3) is 0.182. The highest BCUT2D eigenvalue weighted by Gasteiger charge is 2.09. The molecule has 2 aromatic rings. The van der Waals surface area contributed by atoms with E-state index >= 15 is 0 Å². The van der Waals surface area contributed by atoms with Crippen LogP contribution in [0.2, 0.25) is 0 Å². The number of hydrogen-bond donors (Lipinski definition) is 1. The van der Waals surface area contributed by atoms with Crippen LogP contribution >= 0.6 is 0 Å². The van der Waals surface area contributed by atoms with Crippen LogP contribution in [0.15, 0.2) is 24.4 Å². The first-order valence-electron chi connectivity index (χ1n) is 4.53. The van der Waals surface area contributed by atoms with Gasteiger partial charge in [-0.05, 0) is 23.8 Å². The normalized spacial score (nSPS) is 10.5. The number of esters is 1. The van der Waals surface area contributed by atoms with Crippen molar-refractivity contribution in [3.63, 3.8) is 0 Å². The molecule has 0 fully saturated rings. The number of aromatic amines is 1. The molecule has 2 rings (SSSR count). The lowest BCUT2D eigenvalue weighted by molar-refractivity contribution is -0.139. The molecule has 1 N–H and O–H groups in total. The van der Waals surface area contributed by atoms with Gasteiger partial charge in [0, 0.05) is 17.1 Å². The fourth-order valence-corrected chi connectivity index (χ4v) is 1.52. The Balaban J connectivity index is 2.43. The first-order chi connectivity index (χ1) is 7.20. The van der Waals surface area contributed by atoms with Gasteiger partial charge in [-0.2, -0.15) is 0 Å². The van der Waals surface area contributed by atoms with Crippen molar-refractivity contribution in [2.75, 3.05) is 7.11 Å². The van der Waals surface area contributed by atoms with Crippen LogP contribution < -0.4 is 0 Å². The Labute approximate surface area is 85.9 Å². The number of nitrogens with one attached hydrogen (secondary N) is 1. The van der Waals surface area contributed by atoms with E-state index < -0.39 is 0 Å². The minimum absolute atomic E-state index is 0.153. The highest BCUT2D eigenvalue weighted by Crippen LogP contribution is 2.19. The topological polar surface area (TPSA) is 42.1 Å². The summed E-state index contributed by atoms with van der Waals surface area (Å²) < 4.78 is 17.5. The van der Waals surface area contributed by atoms with Crippen LogP contribution in [-0.2, 0) is 16.0 Å². The molecule has 0 saturated carbocycles. The number of methoxy groups -OCH3 is 1. The number of carbonyl (C=O) groups is 1. The molecule has 3 nitrogen and oxygen atoms in total. The standard InChI is InChI=1S/C11H10FNO2/c1-15-11(14)4-7-6-13-10-3-2-8(12)5-9(7)10/h2-3,5-6,13H,4H2,1H3. The van der Waals surface area contributed by atoms with Gasteiger partial charge in [0.05, 0.1) is 13.5 Å². The van der Waals surface area contributed by atoms with Crippen molar-refractivity contribution >= 4 is 16.9 Å². The van der Waals surface area contributed by atoms with E-state index in [1.54, 1.807) is 12.3 Å². The summed E-state index contributed by atoms with van der Waals surface area (Å²) in [6.45, 7) is 0. The number of halogens is 1. The van der Waals surface area contributed by atoms with Crippen LogP contribution in [0.5, 0.6) is 0 Å². The Hall–Kier alpha value is -1.84. The molecule has 0 unspecified atom stereocenters. The molecular weight excluding hydrogens is 197 g/mol. The second kappa shape index (κ2) is 3.73. The van der Waals surface area contributed by atoms with Gasteiger partial charge >= 0.3 is 5.97 Å². The zero-order valence-corrected chi connectivity index (χ0v) is 8.21. The summed E-state index contributed by atoms with van der Waals surface area (Å²) in [5.74, 6) is -0.645. The predicted octanol–water partition coefficient (Wildman–Crippen LogP) is 2.02. The van der Waals surface area contributed by atoms with Crippen LogP contribution in [-0.4, -0.2) is 18.1 Å². The molecule has 0 amide bonds. The lowest BCUT2D eigenvalue weighted by Crippen LogP contribution is -2.03. The quantitative estimate of drug-likeness (QED) is 0.765. The van der Waals surface area contributed by atoms with Crippen molar-refractivity contribution in [1.29, 1.82) is 0 Å². The first kappa shape index (κ1) is 9.71. The molecule has 0 spiro atoms. The molecule has 15 heavy (non-hydrogen) atoms. The van der Waals surface area contributed by atoms with E-state index in [1.165, 1.54) is 19.2 Å². The SMILES string of the molecule is COC(=O)Cc1c[nH]c2ccc(F)cc12. The number of aromatic nitrogens is 1. The summed E-state index contributed by atoms with van der Waals surface area (Å²) >= 11 is 0. The maximum absolute atomic E-state index is 13.0. The number of H-pyrrole nitrogens is 1. The van der Waals surface area contributed by atoms with Crippen molar-refractivity contribution < 1.29 is 13.9 Å². The predicted molar refractivity (Wildman–Crippen MR) is 54.0 cm³/mol. The molecule has 0 aliphatic rings. The van der Waals surface area contributed by atoms with Crippen molar-refractivity contribution in [1.82, 2.24) is 4.98 Å². The van der Waals surface area contributed by atoms with Crippen LogP contribution in [0, 0.1) is 5.82 Å². The smallest absolute Gasteiger partial charge is 0.310 e. The fourth-order valence-electron chi connectivity index (χ4n) is 1.52. The lowest BCUT2D eigenvalue weighted by Gasteiger charge is -1.97. The van der Waals surface area contributed by atoms with Crippen LogP contribution in [0.1, 0.15) is 5.56 Å². The summed E-state index contributed by atoms with van der Waals surface area (Å²) in [5.41, 5.74) is 1.56. The Morgan fingerprint density at radius 2 is 2.33 bits per heavy atom. The van der Waals surface area contributed by atoms with E-state index in [2.05, 4.69) is 9.72 Å². The van der Waals surface area contributed by atoms with Crippen molar-refractivity contribution in [2.24, 2.45) is 0 Å². The van der Waals surface area contributed by atoms with Gasteiger partial charge < -0.3 is 9.72 Å². The number of hydrogen-bond acceptors (Lipinski definition) is 2. The molecule has 0 aliphatic heterocycles. The second-order valence-corrected chi connectivity index (χ2v) is 3.26. The number of benzene rings is 1. The van der Waals surface area contributed by atoms with E-state index in [-0.39, 0.29) is 18.2 Å². The molecule has 0 aliphatic carbocycles. The van der Waals surface area contributed by atoms with E-state index in [1.807, 2.05) is 0 Å². The van der Waals surface area contributed by atoms with Crippen LogP contribution in [0.4, 0.5) is 4.39 Å². The van der Waals surface area contributed by atoms with Crippen molar-refractivity contribution in [2.45, 2.75) is 6.42 Å². The van der Waals surface area contributed by atoms with Crippen molar-refractivity contribution in [3.8, 4) is 0 Å². The van der Waals surface area contributed by atoms with E-state index in [9.17, 15) is 9.18 Å². The molecule has 0 saturated heterocycles. The van der Waals surface area contributed by atoms with Gasteiger partial charge in [-0.25, -0.2) is 4.39 Å². The number of fused-ring (bicyclic) bond motifs is 1. The summed E-state index contributed by atoms with van der Waals surface area (Å²) in [4.78, 5) is 14.0. The Morgan fingerprint density at radius 3 is 3.07 bits per heavy atom. The third kappa shape index (κ3) is 1.83. The minimum atomic E-state index is -0.333. The van der Waals surface area contributed by atoms with Crippen LogP contribution in [0.25, 0.3) is 10.9 Å². The molecule has 1 heterocycles. The average molecular weight is 207 g/mol. The molecule has 0 atom stereocenters. The van der Waals surface area contributed by atoms with Crippen LogP contribution in [0.3, 0.4) is 0 Å².